The van der Waals surface area contributed by atoms with Crippen molar-refractivity contribution in [3.63, 3.8) is 0 Å². The van der Waals surface area contributed by atoms with Crippen LogP contribution >= 0.6 is 0 Å². The minimum Gasteiger partial charge on any atom is -0.355 e. The largest absolute Gasteiger partial charge is 0.355 e. The summed E-state index contributed by atoms with van der Waals surface area (Å²) in [6.45, 7) is 6.83. The van der Waals surface area contributed by atoms with Crippen molar-refractivity contribution in [2.45, 2.75) is 44.7 Å². The van der Waals surface area contributed by atoms with Crippen LogP contribution < -0.4 is 10.6 Å². The lowest BCUT2D eigenvalue weighted by molar-refractivity contribution is 0.175. The molecular weight excluding hydrogens is 248 g/mol. The summed E-state index contributed by atoms with van der Waals surface area (Å²) in [4.78, 5) is 9.69. The predicted octanol–water partition coefficient (Wildman–Crippen LogP) is 2.17. The number of hydrogen-bond acceptors (Lipinski definition) is 4. The fourth-order valence-electron chi connectivity index (χ4n) is 3.39. The van der Waals surface area contributed by atoms with E-state index >= 15 is 0 Å². The van der Waals surface area contributed by atoms with E-state index in [9.17, 15) is 0 Å². The molecule has 0 radical (unpaired) electrons. The number of anilines is 1. The molecular formula is C16H26N4. The van der Waals surface area contributed by atoms with Crippen LogP contribution in [0.25, 0.3) is 0 Å². The molecule has 1 unspecified atom stereocenters. The first-order valence-electron chi connectivity index (χ1n) is 7.94. The molecule has 2 aliphatic heterocycles. The van der Waals surface area contributed by atoms with Gasteiger partial charge in [0.1, 0.15) is 5.82 Å². The minimum atomic E-state index is 0.0660. The molecule has 3 heterocycles. The van der Waals surface area contributed by atoms with E-state index in [2.05, 4.69) is 26.9 Å². The Balaban J connectivity index is 1.61. The van der Waals surface area contributed by atoms with E-state index in [-0.39, 0.29) is 6.04 Å². The number of rotatable bonds is 3. The maximum atomic E-state index is 5.88. The van der Waals surface area contributed by atoms with Gasteiger partial charge in [-0.3, -0.25) is 4.90 Å². The zero-order chi connectivity index (χ0) is 13.9. The fourth-order valence-corrected chi connectivity index (χ4v) is 3.39. The Morgan fingerprint density at radius 2 is 2.00 bits per heavy atom. The summed E-state index contributed by atoms with van der Waals surface area (Å²) in [5.74, 6) is 1.11. The Kier molecular flexibility index (Phi) is 4.22. The monoisotopic (exact) mass is 274 g/mol. The van der Waals surface area contributed by atoms with Gasteiger partial charge in [0.2, 0.25) is 0 Å². The number of nitrogens with two attached hydrogens (primary N) is 1. The van der Waals surface area contributed by atoms with Gasteiger partial charge in [-0.15, -0.1) is 0 Å². The van der Waals surface area contributed by atoms with Gasteiger partial charge in [0, 0.05) is 31.4 Å². The number of piperidine rings is 1. The lowest BCUT2D eigenvalue weighted by Gasteiger charge is -2.32. The first-order valence-corrected chi connectivity index (χ1v) is 7.94. The third-order valence-corrected chi connectivity index (χ3v) is 4.69. The van der Waals surface area contributed by atoms with Crippen LogP contribution in [0.2, 0.25) is 0 Å². The van der Waals surface area contributed by atoms with Crippen molar-refractivity contribution < 1.29 is 0 Å². The van der Waals surface area contributed by atoms with Gasteiger partial charge in [-0.2, -0.15) is 0 Å². The van der Waals surface area contributed by atoms with Crippen LogP contribution in [0.1, 0.15) is 44.2 Å². The molecule has 0 amide bonds. The summed E-state index contributed by atoms with van der Waals surface area (Å²) in [5, 5.41) is 0. The first-order chi connectivity index (χ1) is 9.74. The Morgan fingerprint density at radius 3 is 2.65 bits per heavy atom. The maximum absolute atomic E-state index is 5.88. The molecule has 1 aromatic heterocycles. The number of hydrogen-bond donors (Lipinski definition) is 1. The quantitative estimate of drug-likeness (QED) is 0.917. The van der Waals surface area contributed by atoms with Gasteiger partial charge in [0.25, 0.3) is 0 Å². The molecule has 110 valence electrons. The number of pyridine rings is 1. The summed E-state index contributed by atoms with van der Waals surface area (Å²) >= 11 is 0. The highest BCUT2D eigenvalue weighted by atomic mass is 15.3. The Labute approximate surface area is 122 Å². The SMILES string of the molecule is C[C@@H](N)c1ccc(N2CCC(N3CCCCC3)C2)nc1. The lowest BCUT2D eigenvalue weighted by Crippen LogP contribution is -2.40. The van der Waals surface area contributed by atoms with Crippen molar-refractivity contribution >= 4 is 5.82 Å². The normalized spacial score (nSPS) is 25.9. The highest BCUT2D eigenvalue weighted by molar-refractivity contribution is 5.41. The highest BCUT2D eigenvalue weighted by Crippen LogP contribution is 2.24. The molecule has 2 saturated heterocycles. The lowest BCUT2D eigenvalue weighted by atomic mass is 10.1. The van der Waals surface area contributed by atoms with Gasteiger partial charge < -0.3 is 10.6 Å². The van der Waals surface area contributed by atoms with Crippen LogP contribution in [-0.2, 0) is 0 Å². The summed E-state index contributed by atoms with van der Waals surface area (Å²) in [6, 6.07) is 5.03. The smallest absolute Gasteiger partial charge is 0.128 e. The Morgan fingerprint density at radius 1 is 1.20 bits per heavy atom. The average Bonchev–Trinajstić information content (AvgIpc) is 2.98. The van der Waals surface area contributed by atoms with Crippen molar-refractivity contribution in [3.8, 4) is 0 Å². The van der Waals surface area contributed by atoms with Crippen LogP contribution in [0.5, 0.6) is 0 Å². The van der Waals surface area contributed by atoms with Gasteiger partial charge in [0.15, 0.2) is 0 Å². The summed E-state index contributed by atoms with van der Waals surface area (Å²) in [6.07, 6.45) is 7.36. The zero-order valence-electron chi connectivity index (χ0n) is 12.5. The van der Waals surface area contributed by atoms with Crippen molar-refractivity contribution in [1.29, 1.82) is 0 Å². The molecule has 0 aliphatic carbocycles. The third-order valence-electron chi connectivity index (χ3n) is 4.69. The molecule has 0 spiro atoms. The van der Waals surface area contributed by atoms with Crippen LogP contribution in [0.15, 0.2) is 18.3 Å². The van der Waals surface area contributed by atoms with E-state index in [1.807, 2.05) is 13.1 Å². The van der Waals surface area contributed by atoms with E-state index in [4.69, 9.17) is 5.73 Å². The molecule has 0 aromatic carbocycles. The van der Waals surface area contributed by atoms with Crippen LogP contribution in [-0.4, -0.2) is 42.1 Å². The van der Waals surface area contributed by atoms with E-state index in [0.717, 1.165) is 30.5 Å². The predicted molar refractivity (Wildman–Crippen MR) is 82.9 cm³/mol. The van der Waals surface area contributed by atoms with Crippen molar-refractivity contribution in [1.82, 2.24) is 9.88 Å². The number of aromatic nitrogens is 1. The molecule has 20 heavy (non-hydrogen) atoms. The van der Waals surface area contributed by atoms with Gasteiger partial charge in [-0.05, 0) is 50.9 Å². The molecule has 2 atom stereocenters. The molecule has 4 nitrogen and oxygen atoms in total. The summed E-state index contributed by atoms with van der Waals surface area (Å²) in [5.41, 5.74) is 6.99. The third kappa shape index (κ3) is 2.96. The van der Waals surface area contributed by atoms with E-state index in [1.54, 1.807) is 0 Å². The van der Waals surface area contributed by atoms with E-state index < -0.39 is 0 Å². The summed E-state index contributed by atoms with van der Waals surface area (Å²) < 4.78 is 0. The molecule has 2 fully saturated rings. The first kappa shape index (κ1) is 13.8. The standard InChI is InChI=1S/C16H26N4/c1-13(17)14-5-6-16(18-11-14)20-10-7-15(12-20)19-8-3-2-4-9-19/h5-6,11,13,15H,2-4,7-10,12,17H2,1H3/t13-,15?/m1/s1. The highest BCUT2D eigenvalue weighted by Gasteiger charge is 2.28. The zero-order valence-corrected chi connectivity index (χ0v) is 12.5. The second-order valence-electron chi connectivity index (χ2n) is 6.22. The second-order valence-corrected chi connectivity index (χ2v) is 6.22. The Bertz CT molecular complexity index is 423. The van der Waals surface area contributed by atoms with Crippen molar-refractivity contribution in [3.05, 3.63) is 23.9 Å². The molecule has 0 bridgehead atoms. The van der Waals surface area contributed by atoms with Gasteiger partial charge >= 0.3 is 0 Å². The second kappa shape index (κ2) is 6.10. The Hall–Kier alpha value is -1.13. The molecule has 1 aromatic rings. The molecule has 0 saturated carbocycles. The van der Waals surface area contributed by atoms with Crippen LogP contribution in [0, 0.1) is 0 Å². The number of likely N-dealkylation sites (tertiary alicyclic amines) is 1. The topological polar surface area (TPSA) is 45.4 Å². The van der Waals surface area contributed by atoms with Crippen molar-refractivity contribution in [2.24, 2.45) is 5.73 Å². The van der Waals surface area contributed by atoms with E-state index in [1.165, 1.54) is 38.8 Å². The maximum Gasteiger partial charge on any atom is 0.128 e. The molecule has 3 rings (SSSR count). The fraction of sp³-hybridized carbons (Fsp3) is 0.688. The van der Waals surface area contributed by atoms with E-state index in [0.29, 0.717) is 0 Å². The van der Waals surface area contributed by atoms with Gasteiger partial charge in [-0.25, -0.2) is 4.98 Å². The van der Waals surface area contributed by atoms with Gasteiger partial charge in [-0.1, -0.05) is 12.5 Å². The molecule has 4 heteroatoms. The molecule has 2 N–H and O–H groups in total. The number of nitrogens with zero attached hydrogens (tertiary/aromatic N) is 3. The minimum absolute atomic E-state index is 0.0660. The van der Waals surface area contributed by atoms with Crippen LogP contribution in [0.4, 0.5) is 5.82 Å². The molecule has 2 aliphatic rings. The van der Waals surface area contributed by atoms with Crippen LogP contribution in [0.3, 0.4) is 0 Å². The van der Waals surface area contributed by atoms with Crippen molar-refractivity contribution in [2.75, 3.05) is 31.1 Å². The van der Waals surface area contributed by atoms with Gasteiger partial charge in [0.05, 0.1) is 0 Å². The summed E-state index contributed by atoms with van der Waals surface area (Å²) in [7, 11) is 0. The average molecular weight is 274 g/mol.